The van der Waals surface area contributed by atoms with Gasteiger partial charge in [0.2, 0.25) is 0 Å². The van der Waals surface area contributed by atoms with E-state index in [1.54, 1.807) is 0 Å². The van der Waals surface area contributed by atoms with Crippen molar-refractivity contribution in [2.45, 2.75) is 40.7 Å². The minimum absolute atomic E-state index is 0.141. The lowest BCUT2D eigenvalue weighted by Gasteiger charge is -2.18. The molecule has 0 aromatic carbocycles. The second kappa shape index (κ2) is 5.74. The molecule has 1 aliphatic heterocycles. The first kappa shape index (κ1) is 16.5. The Kier molecular flexibility index (Phi) is 4.31. The number of esters is 1. The monoisotopic (exact) mass is 308 g/mol. The van der Waals surface area contributed by atoms with E-state index >= 15 is 0 Å². The summed E-state index contributed by atoms with van der Waals surface area (Å²) in [4.78, 5) is 37.0. The molecule has 1 saturated carbocycles. The van der Waals surface area contributed by atoms with Crippen LogP contribution >= 0.6 is 0 Å². The zero-order valence-electron chi connectivity index (χ0n) is 13.8. The Labute approximate surface area is 130 Å². The average Bonchev–Trinajstić information content (AvgIpc) is 2.74. The molecule has 0 aromatic heterocycles. The van der Waals surface area contributed by atoms with Crippen LogP contribution in [0.4, 0.5) is 4.79 Å². The van der Waals surface area contributed by atoms with Crippen LogP contribution in [-0.4, -0.2) is 42.0 Å². The van der Waals surface area contributed by atoms with Gasteiger partial charge in [-0.2, -0.15) is 0 Å². The largest absolute Gasteiger partial charge is 0.452 e. The third kappa shape index (κ3) is 3.00. The Morgan fingerprint density at radius 3 is 2.55 bits per heavy atom. The Hall–Kier alpha value is -1.85. The van der Waals surface area contributed by atoms with Gasteiger partial charge < -0.3 is 10.1 Å². The van der Waals surface area contributed by atoms with Crippen LogP contribution in [0.15, 0.2) is 11.6 Å². The van der Waals surface area contributed by atoms with Crippen LogP contribution in [0.5, 0.6) is 0 Å². The Morgan fingerprint density at radius 2 is 2.05 bits per heavy atom. The van der Waals surface area contributed by atoms with Crippen molar-refractivity contribution < 1.29 is 19.1 Å². The average molecular weight is 308 g/mol. The Bertz CT molecular complexity index is 534. The molecule has 2 fully saturated rings. The number of hydrogen-bond donors (Lipinski definition) is 1. The molecule has 1 aliphatic carbocycles. The van der Waals surface area contributed by atoms with Gasteiger partial charge in [0.05, 0.1) is 5.92 Å². The first-order chi connectivity index (χ1) is 10.2. The van der Waals surface area contributed by atoms with E-state index in [9.17, 15) is 14.4 Å². The molecule has 1 heterocycles. The number of hydrogen-bond acceptors (Lipinski definition) is 4. The number of ether oxygens (including phenoxy) is 1. The van der Waals surface area contributed by atoms with Gasteiger partial charge >= 0.3 is 12.0 Å². The van der Waals surface area contributed by atoms with E-state index in [-0.39, 0.29) is 23.2 Å². The molecule has 2 rings (SSSR count). The third-order valence-corrected chi connectivity index (χ3v) is 4.44. The summed E-state index contributed by atoms with van der Waals surface area (Å²) in [6.07, 6.45) is 1.13. The Morgan fingerprint density at radius 1 is 1.41 bits per heavy atom. The standard InChI is InChI=1S/C16H24N2O4/c1-9(2)8-11-12(16(11,4)5)14(20)22-10(3)13(19)18-7-6-17-15(18)21/h8,10-12H,6-7H2,1-5H3,(H,17,21)/t10-,11+,12+/m0/s1. The first-order valence-corrected chi connectivity index (χ1v) is 7.61. The molecule has 1 saturated heterocycles. The maximum Gasteiger partial charge on any atom is 0.324 e. The lowest BCUT2D eigenvalue weighted by Crippen LogP contribution is -2.42. The second-order valence-corrected chi connectivity index (χ2v) is 6.87. The molecule has 3 atom stereocenters. The van der Waals surface area contributed by atoms with Crippen molar-refractivity contribution in [2.75, 3.05) is 13.1 Å². The van der Waals surface area contributed by atoms with Gasteiger partial charge in [-0.15, -0.1) is 0 Å². The van der Waals surface area contributed by atoms with Crippen molar-refractivity contribution in [3.8, 4) is 0 Å². The number of allylic oxidation sites excluding steroid dienone is 2. The highest BCUT2D eigenvalue weighted by Gasteiger charge is 2.61. The van der Waals surface area contributed by atoms with Crippen molar-refractivity contribution in [1.29, 1.82) is 0 Å². The van der Waals surface area contributed by atoms with E-state index in [1.165, 1.54) is 6.92 Å². The van der Waals surface area contributed by atoms with Gasteiger partial charge in [-0.1, -0.05) is 25.5 Å². The number of carbonyl (C=O) groups excluding carboxylic acids is 3. The molecule has 1 N–H and O–H groups in total. The molecule has 2 aliphatic rings. The fraction of sp³-hybridized carbons (Fsp3) is 0.688. The second-order valence-electron chi connectivity index (χ2n) is 6.87. The van der Waals surface area contributed by atoms with Gasteiger partial charge in [-0.05, 0) is 32.1 Å². The van der Waals surface area contributed by atoms with Crippen molar-refractivity contribution in [2.24, 2.45) is 17.3 Å². The normalized spacial score (nSPS) is 27.0. The van der Waals surface area contributed by atoms with Crippen LogP contribution in [0.25, 0.3) is 0 Å². The van der Waals surface area contributed by atoms with Crippen LogP contribution in [0.1, 0.15) is 34.6 Å². The smallest absolute Gasteiger partial charge is 0.324 e. The molecule has 122 valence electrons. The molecule has 6 nitrogen and oxygen atoms in total. The minimum Gasteiger partial charge on any atom is -0.452 e. The van der Waals surface area contributed by atoms with E-state index in [0.29, 0.717) is 13.1 Å². The van der Waals surface area contributed by atoms with E-state index in [4.69, 9.17) is 4.74 Å². The number of rotatable bonds is 4. The molecular formula is C16H24N2O4. The van der Waals surface area contributed by atoms with Crippen LogP contribution in [0, 0.1) is 17.3 Å². The number of amides is 3. The number of urea groups is 1. The summed E-state index contributed by atoms with van der Waals surface area (Å²) in [5, 5.41) is 2.55. The molecule has 0 unspecified atom stereocenters. The SMILES string of the molecule is CC(C)=C[C@@H]1[C@H](C(=O)O[C@@H](C)C(=O)N2CCNC2=O)C1(C)C. The fourth-order valence-electron chi connectivity index (χ4n) is 3.00. The van der Waals surface area contributed by atoms with E-state index in [1.807, 2.05) is 27.7 Å². The zero-order valence-corrected chi connectivity index (χ0v) is 13.8. The summed E-state index contributed by atoms with van der Waals surface area (Å²) in [6, 6.07) is -0.429. The quantitative estimate of drug-likeness (QED) is 0.633. The summed E-state index contributed by atoms with van der Waals surface area (Å²) < 4.78 is 5.30. The lowest BCUT2D eigenvalue weighted by atomic mass is 10.1. The van der Waals surface area contributed by atoms with Crippen LogP contribution < -0.4 is 5.32 Å². The summed E-state index contributed by atoms with van der Waals surface area (Å²) >= 11 is 0. The third-order valence-electron chi connectivity index (χ3n) is 4.44. The zero-order chi connectivity index (χ0) is 16.7. The summed E-state index contributed by atoms with van der Waals surface area (Å²) in [5.41, 5.74) is 1.01. The van der Waals surface area contributed by atoms with Crippen molar-refractivity contribution in [1.82, 2.24) is 10.2 Å². The molecule has 0 spiro atoms. The molecular weight excluding hydrogens is 284 g/mol. The van der Waals surface area contributed by atoms with E-state index < -0.39 is 18.0 Å². The number of nitrogens with one attached hydrogen (secondary N) is 1. The summed E-state index contributed by atoms with van der Waals surface area (Å²) in [5.74, 6) is -0.930. The van der Waals surface area contributed by atoms with Crippen molar-refractivity contribution in [3.05, 3.63) is 11.6 Å². The molecule has 0 radical (unpaired) electrons. The molecule has 22 heavy (non-hydrogen) atoms. The molecule has 0 aromatic rings. The van der Waals surface area contributed by atoms with Gasteiger partial charge in [0.25, 0.3) is 5.91 Å². The highest BCUT2D eigenvalue weighted by Crippen LogP contribution is 2.59. The van der Waals surface area contributed by atoms with Crippen LogP contribution in [0.3, 0.4) is 0 Å². The van der Waals surface area contributed by atoms with E-state index in [2.05, 4.69) is 11.4 Å². The van der Waals surface area contributed by atoms with Gasteiger partial charge in [0.15, 0.2) is 6.10 Å². The van der Waals surface area contributed by atoms with Crippen LogP contribution in [-0.2, 0) is 14.3 Å². The Balaban J connectivity index is 1.96. The van der Waals surface area contributed by atoms with Gasteiger partial charge in [0.1, 0.15) is 0 Å². The maximum atomic E-state index is 12.3. The van der Waals surface area contributed by atoms with E-state index in [0.717, 1.165) is 10.5 Å². The maximum absolute atomic E-state index is 12.3. The highest BCUT2D eigenvalue weighted by atomic mass is 16.5. The molecule has 3 amide bonds. The predicted molar refractivity (Wildman–Crippen MR) is 80.9 cm³/mol. The van der Waals surface area contributed by atoms with Gasteiger partial charge in [-0.25, -0.2) is 4.79 Å². The summed E-state index contributed by atoms with van der Waals surface area (Å²) in [6.45, 7) is 10.3. The number of nitrogens with zero attached hydrogens (tertiary/aromatic N) is 1. The van der Waals surface area contributed by atoms with Gasteiger partial charge in [0, 0.05) is 13.1 Å². The minimum atomic E-state index is -0.944. The topological polar surface area (TPSA) is 75.7 Å². The van der Waals surface area contributed by atoms with Crippen molar-refractivity contribution >= 4 is 17.9 Å². The predicted octanol–water partition coefficient (Wildman–Crippen LogP) is 1.71. The lowest BCUT2D eigenvalue weighted by molar-refractivity contribution is -0.159. The first-order valence-electron chi connectivity index (χ1n) is 7.61. The van der Waals surface area contributed by atoms with Crippen molar-refractivity contribution in [3.63, 3.8) is 0 Å². The van der Waals surface area contributed by atoms with Gasteiger partial charge in [-0.3, -0.25) is 14.5 Å². The number of carbonyl (C=O) groups is 3. The fourth-order valence-corrected chi connectivity index (χ4v) is 3.00. The number of imide groups is 1. The highest BCUT2D eigenvalue weighted by molar-refractivity contribution is 5.98. The molecule has 6 heteroatoms. The molecule has 0 bridgehead atoms. The van der Waals surface area contributed by atoms with Crippen LogP contribution in [0.2, 0.25) is 0 Å². The summed E-state index contributed by atoms with van der Waals surface area (Å²) in [7, 11) is 0.